The molecular weight excluding hydrogens is 755 g/mol. The third-order valence-electron chi connectivity index (χ3n) is 13.0. The summed E-state index contributed by atoms with van der Waals surface area (Å²) in [7, 11) is 0. The van der Waals surface area contributed by atoms with Gasteiger partial charge >= 0.3 is 0 Å². The molecule has 0 N–H and O–H groups in total. The molecule has 0 aliphatic heterocycles. The Labute approximate surface area is 358 Å². The molecule has 2 aliphatic carbocycles. The molecule has 0 amide bonds. The summed E-state index contributed by atoms with van der Waals surface area (Å²) in [4.78, 5) is 15.6. The smallest absolute Gasteiger partial charge is 0.164 e. The van der Waals surface area contributed by atoms with Crippen molar-refractivity contribution in [2.24, 2.45) is 0 Å². The van der Waals surface area contributed by atoms with Gasteiger partial charge in [-0.3, -0.25) is 0 Å². The minimum Gasteiger partial charge on any atom is -0.455 e. The van der Waals surface area contributed by atoms with E-state index in [0.717, 1.165) is 55.3 Å². The largest absolute Gasteiger partial charge is 0.455 e. The fourth-order valence-electron chi connectivity index (χ4n) is 10.3. The van der Waals surface area contributed by atoms with Crippen LogP contribution in [0, 0.1) is 0 Å². The molecule has 0 fully saturated rings. The van der Waals surface area contributed by atoms with Gasteiger partial charge in [-0.15, -0.1) is 0 Å². The first-order chi connectivity index (χ1) is 30.7. The van der Waals surface area contributed by atoms with E-state index in [2.05, 4.69) is 182 Å². The van der Waals surface area contributed by atoms with E-state index in [-0.39, 0.29) is 0 Å². The lowest BCUT2D eigenvalue weighted by atomic mass is 9.70. The van der Waals surface area contributed by atoms with Crippen molar-refractivity contribution in [2.45, 2.75) is 5.41 Å². The summed E-state index contributed by atoms with van der Waals surface area (Å²) in [6, 6.07) is 75.3. The number of aromatic nitrogens is 3. The number of furan rings is 1. The van der Waals surface area contributed by atoms with E-state index in [0.29, 0.717) is 17.5 Å². The second-order valence-electron chi connectivity index (χ2n) is 16.2. The predicted molar refractivity (Wildman–Crippen MR) is 251 cm³/mol. The Hall–Kier alpha value is -8.21. The fourth-order valence-corrected chi connectivity index (χ4v) is 10.3. The van der Waals surface area contributed by atoms with E-state index in [1.807, 2.05) is 30.3 Å². The van der Waals surface area contributed by atoms with Crippen LogP contribution in [0.2, 0.25) is 0 Å². The van der Waals surface area contributed by atoms with Gasteiger partial charge in [0.1, 0.15) is 11.2 Å². The molecular formula is C58H35N3O. The molecule has 0 saturated heterocycles. The molecule has 62 heavy (non-hydrogen) atoms. The van der Waals surface area contributed by atoms with Gasteiger partial charge in [-0.1, -0.05) is 194 Å². The molecule has 0 bridgehead atoms. The van der Waals surface area contributed by atoms with Crippen LogP contribution in [0.4, 0.5) is 0 Å². The summed E-state index contributed by atoms with van der Waals surface area (Å²) in [5.41, 5.74) is 18.5. The Balaban J connectivity index is 1.01. The van der Waals surface area contributed by atoms with Gasteiger partial charge in [0.05, 0.1) is 5.41 Å². The molecule has 4 nitrogen and oxygen atoms in total. The highest BCUT2D eigenvalue weighted by Gasteiger charge is 2.52. The van der Waals surface area contributed by atoms with Crippen molar-refractivity contribution in [2.75, 3.05) is 0 Å². The zero-order valence-electron chi connectivity index (χ0n) is 33.5. The maximum atomic E-state index is 7.06. The first-order valence-corrected chi connectivity index (χ1v) is 21.1. The lowest BCUT2D eigenvalue weighted by Gasteiger charge is -2.30. The molecule has 2 aromatic heterocycles. The van der Waals surface area contributed by atoms with Crippen molar-refractivity contribution in [1.29, 1.82) is 0 Å². The van der Waals surface area contributed by atoms with Crippen molar-refractivity contribution in [3.8, 4) is 78.7 Å². The molecule has 9 aromatic carbocycles. The third-order valence-corrected chi connectivity index (χ3v) is 13.0. The van der Waals surface area contributed by atoms with E-state index in [9.17, 15) is 0 Å². The first kappa shape index (κ1) is 34.6. The van der Waals surface area contributed by atoms with Crippen LogP contribution in [0.5, 0.6) is 0 Å². The van der Waals surface area contributed by atoms with Gasteiger partial charge in [0, 0.05) is 33.0 Å². The van der Waals surface area contributed by atoms with Gasteiger partial charge < -0.3 is 4.42 Å². The zero-order valence-corrected chi connectivity index (χ0v) is 33.5. The Morgan fingerprint density at radius 3 is 1.47 bits per heavy atom. The Kier molecular flexibility index (Phi) is 7.49. The molecule has 4 heteroatoms. The summed E-state index contributed by atoms with van der Waals surface area (Å²) in [5, 5.41) is 2.02. The summed E-state index contributed by atoms with van der Waals surface area (Å²) < 4.78 is 7.06. The van der Waals surface area contributed by atoms with Crippen molar-refractivity contribution in [3.05, 3.63) is 235 Å². The fraction of sp³-hybridized carbons (Fsp3) is 0.0172. The van der Waals surface area contributed by atoms with E-state index in [1.54, 1.807) is 0 Å². The highest BCUT2D eigenvalue weighted by Crippen LogP contribution is 2.64. The first-order valence-electron chi connectivity index (χ1n) is 21.1. The van der Waals surface area contributed by atoms with Crippen LogP contribution in [-0.2, 0) is 5.41 Å². The van der Waals surface area contributed by atoms with Crippen LogP contribution < -0.4 is 0 Å². The van der Waals surface area contributed by atoms with Gasteiger partial charge in [0.25, 0.3) is 0 Å². The number of benzene rings is 9. The molecule has 2 aliphatic rings. The predicted octanol–water partition coefficient (Wildman–Crippen LogP) is 14.4. The third kappa shape index (κ3) is 4.98. The second-order valence-corrected chi connectivity index (χ2v) is 16.2. The summed E-state index contributed by atoms with van der Waals surface area (Å²) in [6.45, 7) is 0. The van der Waals surface area contributed by atoms with Crippen LogP contribution in [0.3, 0.4) is 0 Å². The lowest BCUT2D eigenvalue weighted by Crippen LogP contribution is -2.25. The number of hydrogen-bond acceptors (Lipinski definition) is 4. The maximum Gasteiger partial charge on any atom is 0.164 e. The highest BCUT2D eigenvalue weighted by molar-refractivity contribution is 6.17. The average molecular weight is 790 g/mol. The monoisotopic (exact) mass is 789 g/mol. The molecule has 0 unspecified atom stereocenters. The Bertz CT molecular complexity index is 3540. The lowest BCUT2D eigenvalue weighted by molar-refractivity contribution is 0.669. The Morgan fingerprint density at radius 1 is 0.323 bits per heavy atom. The van der Waals surface area contributed by atoms with Gasteiger partial charge in [0.2, 0.25) is 0 Å². The van der Waals surface area contributed by atoms with Crippen molar-refractivity contribution in [3.63, 3.8) is 0 Å². The molecule has 0 atom stereocenters. The summed E-state index contributed by atoms with van der Waals surface area (Å²) in [6.07, 6.45) is 0. The minimum absolute atomic E-state index is 0.458. The van der Waals surface area contributed by atoms with Gasteiger partial charge in [-0.2, -0.15) is 0 Å². The van der Waals surface area contributed by atoms with Crippen molar-refractivity contribution < 1.29 is 4.42 Å². The molecule has 2 heterocycles. The van der Waals surface area contributed by atoms with Crippen molar-refractivity contribution >= 4 is 21.9 Å². The van der Waals surface area contributed by atoms with Crippen LogP contribution in [0.1, 0.15) is 22.3 Å². The number of rotatable bonds is 5. The highest BCUT2D eigenvalue weighted by atomic mass is 16.3. The minimum atomic E-state index is -0.458. The van der Waals surface area contributed by atoms with E-state index >= 15 is 0 Å². The normalized spacial score (nSPS) is 13.0. The van der Waals surface area contributed by atoms with E-state index in [1.165, 1.54) is 50.1 Å². The number of nitrogens with zero attached hydrogens (tertiary/aromatic N) is 3. The van der Waals surface area contributed by atoms with E-state index in [4.69, 9.17) is 19.4 Å². The number of hydrogen-bond donors (Lipinski definition) is 0. The average Bonchev–Trinajstić information content (AvgIpc) is 3.99. The molecule has 1 spiro atoms. The maximum absolute atomic E-state index is 7.06. The van der Waals surface area contributed by atoms with Crippen LogP contribution in [0.25, 0.3) is 101 Å². The topological polar surface area (TPSA) is 51.8 Å². The Morgan fingerprint density at radius 2 is 0.790 bits per heavy atom. The molecule has 288 valence electrons. The van der Waals surface area contributed by atoms with E-state index < -0.39 is 5.41 Å². The van der Waals surface area contributed by atoms with Gasteiger partial charge in [0.15, 0.2) is 17.5 Å². The molecule has 13 rings (SSSR count). The molecule has 0 saturated carbocycles. The SMILES string of the molecule is c1ccc(-c2cccc(-c3cccc(-c4nc(-c5ccccc5)nc(-c5cccc6oc7c8c(ccc7c56)C5(c6ccccc6-c6ccccc65)c5ccccc5-8)n4)c3)c2)cc1. The summed E-state index contributed by atoms with van der Waals surface area (Å²) >= 11 is 0. The second kappa shape index (κ2) is 13.4. The molecule has 11 aromatic rings. The quantitative estimate of drug-likeness (QED) is 0.174. The standard InChI is InChI=1S/C58H35N3O/c1-3-16-36(17-4-1)38-20-13-21-39(34-38)40-22-14-23-41(35-40)56-59-55(37-18-5-2-6-19-37)60-57(61-56)46-27-15-31-51-52(46)45-32-33-50-53(54(45)62-51)44-26-9-12-30-49(44)58(50)47-28-10-7-24-42(47)43-25-8-11-29-48(43)58/h1-35H. The van der Waals surface area contributed by atoms with Crippen LogP contribution in [-0.4, -0.2) is 15.0 Å². The number of fused-ring (bicyclic) bond motifs is 14. The van der Waals surface area contributed by atoms with Crippen LogP contribution >= 0.6 is 0 Å². The summed E-state index contributed by atoms with van der Waals surface area (Å²) in [5.74, 6) is 1.81. The van der Waals surface area contributed by atoms with Crippen molar-refractivity contribution in [1.82, 2.24) is 15.0 Å². The molecule has 0 radical (unpaired) electrons. The zero-order chi connectivity index (χ0) is 40.8. The van der Waals surface area contributed by atoms with Gasteiger partial charge in [-0.05, 0) is 79.4 Å². The van der Waals surface area contributed by atoms with Gasteiger partial charge in [-0.25, -0.2) is 15.0 Å². The van der Waals surface area contributed by atoms with Crippen LogP contribution in [0.15, 0.2) is 217 Å².